The van der Waals surface area contributed by atoms with E-state index in [4.69, 9.17) is 23.2 Å². The number of rotatable bonds is 2. The first kappa shape index (κ1) is 14.5. The van der Waals surface area contributed by atoms with E-state index in [2.05, 4.69) is 15.9 Å². The molecule has 2 aromatic carbocycles. The average Bonchev–Trinajstić information content (AvgIpc) is 2.36. The molecule has 0 aromatic heterocycles. The minimum absolute atomic E-state index is 0.0965. The maximum Gasteiger partial charge on any atom is 0.194 e. The summed E-state index contributed by atoms with van der Waals surface area (Å²) < 4.78 is 13.9. The molecular weight excluding hydrogens is 354 g/mol. The van der Waals surface area contributed by atoms with Gasteiger partial charge in [-0.05, 0) is 58.7 Å². The van der Waals surface area contributed by atoms with Gasteiger partial charge in [-0.25, -0.2) is 4.39 Å². The van der Waals surface area contributed by atoms with Gasteiger partial charge in [-0.3, -0.25) is 4.79 Å². The summed E-state index contributed by atoms with van der Waals surface area (Å²) in [6, 6.07) is 7.42. The molecule has 98 valence electrons. The molecule has 0 atom stereocenters. The van der Waals surface area contributed by atoms with Crippen LogP contribution in [0.15, 0.2) is 34.8 Å². The highest BCUT2D eigenvalue weighted by molar-refractivity contribution is 9.10. The highest BCUT2D eigenvalue weighted by atomic mass is 79.9. The Morgan fingerprint density at radius 1 is 1.16 bits per heavy atom. The monoisotopic (exact) mass is 360 g/mol. The number of carbonyl (C=O) groups is 1. The van der Waals surface area contributed by atoms with Crippen LogP contribution in [0.2, 0.25) is 10.0 Å². The second-order valence-corrected chi connectivity index (χ2v) is 5.71. The molecule has 0 bridgehead atoms. The van der Waals surface area contributed by atoms with Crippen LogP contribution in [0.25, 0.3) is 0 Å². The lowest BCUT2D eigenvalue weighted by Crippen LogP contribution is -2.03. The van der Waals surface area contributed by atoms with Crippen LogP contribution in [0.1, 0.15) is 21.5 Å². The van der Waals surface area contributed by atoms with Gasteiger partial charge in [-0.15, -0.1) is 0 Å². The first-order valence-corrected chi connectivity index (χ1v) is 6.90. The highest BCUT2D eigenvalue weighted by Crippen LogP contribution is 2.27. The normalized spacial score (nSPS) is 10.6. The van der Waals surface area contributed by atoms with Crippen LogP contribution in [0, 0.1) is 12.7 Å². The van der Waals surface area contributed by atoms with Gasteiger partial charge in [-0.1, -0.05) is 23.2 Å². The zero-order valence-corrected chi connectivity index (χ0v) is 12.9. The lowest BCUT2D eigenvalue weighted by atomic mass is 10.0. The average molecular weight is 362 g/mol. The number of aryl methyl sites for hydroxylation is 1. The number of hydrogen-bond donors (Lipinski definition) is 0. The summed E-state index contributed by atoms with van der Waals surface area (Å²) in [4.78, 5) is 12.3. The topological polar surface area (TPSA) is 17.1 Å². The fourth-order valence-electron chi connectivity index (χ4n) is 1.62. The molecule has 0 radical (unpaired) electrons. The van der Waals surface area contributed by atoms with Gasteiger partial charge in [0.1, 0.15) is 5.82 Å². The number of carbonyl (C=O) groups excluding carboxylic acids is 1. The number of halogens is 4. The molecule has 0 fully saturated rings. The van der Waals surface area contributed by atoms with E-state index >= 15 is 0 Å². The van der Waals surface area contributed by atoms with Gasteiger partial charge >= 0.3 is 0 Å². The molecule has 0 aliphatic rings. The minimum Gasteiger partial charge on any atom is -0.289 e. The van der Waals surface area contributed by atoms with Crippen molar-refractivity contribution in [3.63, 3.8) is 0 Å². The van der Waals surface area contributed by atoms with Crippen molar-refractivity contribution in [1.29, 1.82) is 0 Å². The van der Waals surface area contributed by atoms with Crippen molar-refractivity contribution in [1.82, 2.24) is 0 Å². The third kappa shape index (κ3) is 2.99. The van der Waals surface area contributed by atoms with Gasteiger partial charge in [0.05, 0.1) is 10.0 Å². The van der Waals surface area contributed by atoms with Crippen molar-refractivity contribution in [2.75, 3.05) is 0 Å². The summed E-state index contributed by atoms with van der Waals surface area (Å²) in [5.41, 5.74) is 1.08. The molecule has 0 spiro atoms. The molecule has 0 saturated carbocycles. The van der Waals surface area contributed by atoms with Crippen molar-refractivity contribution < 1.29 is 9.18 Å². The van der Waals surface area contributed by atoms with Gasteiger partial charge in [0.2, 0.25) is 0 Å². The van der Waals surface area contributed by atoms with Crippen molar-refractivity contribution in [3.8, 4) is 0 Å². The highest BCUT2D eigenvalue weighted by Gasteiger charge is 2.16. The molecule has 0 saturated heterocycles. The van der Waals surface area contributed by atoms with E-state index in [1.165, 1.54) is 6.07 Å². The van der Waals surface area contributed by atoms with E-state index in [9.17, 15) is 9.18 Å². The molecule has 19 heavy (non-hydrogen) atoms. The Morgan fingerprint density at radius 3 is 2.47 bits per heavy atom. The molecular formula is C14H8BrCl2FO. The largest absolute Gasteiger partial charge is 0.289 e. The lowest BCUT2D eigenvalue weighted by Gasteiger charge is -2.07. The van der Waals surface area contributed by atoms with E-state index in [1.807, 2.05) is 0 Å². The molecule has 5 heteroatoms. The van der Waals surface area contributed by atoms with E-state index in [0.29, 0.717) is 20.6 Å². The van der Waals surface area contributed by atoms with Crippen molar-refractivity contribution >= 4 is 44.9 Å². The van der Waals surface area contributed by atoms with E-state index < -0.39 is 5.82 Å². The van der Waals surface area contributed by atoms with Gasteiger partial charge in [0.15, 0.2) is 5.78 Å². The number of benzene rings is 2. The Morgan fingerprint density at radius 2 is 1.84 bits per heavy atom. The van der Waals surface area contributed by atoms with Crippen LogP contribution >= 0.6 is 39.1 Å². The van der Waals surface area contributed by atoms with Gasteiger partial charge in [0, 0.05) is 15.6 Å². The van der Waals surface area contributed by atoms with Crippen molar-refractivity contribution in [2.24, 2.45) is 0 Å². The maximum absolute atomic E-state index is 13.3. The molecule has 0 heterocycles. The lowest BCUT2D eigenvalue weighted by molar-refractivity contribution is 0.103. The Hall–Kier alpha value is -0.900. The van der Waals surface area contributed by atoms with Crippen molar-refractivity contribution in [2.45, 2.75) is 6.92 Å². The molecule has 0 aliphatic carbocycles. The van der Waals surface area contributed by atoms with Gasteiger partial charge < -0.3 is 0 Å². The van der Waals surface area contributed by atoms with E-state index in [1.54, 1.807) is 25.1 Å². The summed E-state index contributed by atoms with van der Waals surface area (Å²) in [5, 5.41) is 0.608. The number of ketones is 1. The van der Waals surface area contributed by atoms with Crippen LogP contribution in [0.5, 0.6) is 0 Å². The zero-order chi connectivity index (χ0) is 14.2. The summed E-state index contributed by atoms with van der Waals surface area (Å²) in [7, 11) is 0. The Bertz CT molecular complexity index is 671. The van der Waals surface area contributed by atoms with Crippen molar-refractivity contribution in [3.05, 3.63) is 67.4 Å². The predicted molar refractivity (Wildman–Crippen MR) is 78.7 cm³/mol. The second-order valence-electron chi connectivity index (χ2n) is 4.04. The predicted octanol–water partition coefficient (Wildman–Crippen LogP) is 5.43. The van der Waals surface area contributed by atoms with Crippen LogP contribution in [0.4, 0.5) is 4.39 Å². The first-order valence-electron chi connectivity index (χ1n) is 5.35. The van der Waals surface area contributed by atoms with Crippen LogP contribution in [-0.2, 0) is 0 Å². The second kappa shape index (κ2) is 5.61. The summed E-state index contributed by atoms with van der Waals surface area (Å²) >= 11 is 15.0. The molecule has 0 N–H and O–H groups in total. The molecule has 2 rings (SSSR count). The standard InChI is InChI=1S/C14H8BrCl2FO/c1-7-4-9(12(17)6-13(7)18)14(19)8-2-3-11(16)10(15)5-8/h2-6H,1H3. The molecule has 0 amide bonds. The minimum atomic E-state index is -0.432. The van der Waals surface area contributed by atoms with Crippen LogP contribution in [0.3, 0.4) is 0 Å². The molecule has 0 aliphatic heterocycles. The Kier molecular flexibility index (Phi) is 4.29. The SMILES string of the molecule is Cc1cc(C(=O)c2ccc(Cl)c(Br)c2)c(Cl)cc1F. The molecule has 0 unspecified atom stereocenters. The van der Waals surface area contributed by atoms with Gasteiger partial charge in [-0.2, -0.15) is 0 Å². The number of hydrogen-bond acceptors (Lipinski definition) is 1. The van der Waals surface area contributed by atoms with Crippen LogP contribution in [-0.4, -0.2) is 5.78 Å². The Balaban J connectivity index is 2.49. The maximum atomic E-state index is 13.3. The van der Waals surface area contributed by atoms with Gasteiger partial charge in [0.25, 0.3) is 0 Å². The first-order chi connectivity index (χ1) is 8.90. The fourth-order valence-corrected chi connectivity index (χ4v) is 2.36. The fraction of sp³-hybridized carbons (Fsp3) is 0.0714. The summed E-state index contributed by atoms with van der Waals surface area (Å²) in [5.74, 6) is -0.704. The third-order valence-corrected chi connectivity index (χ3v) is 4.20. The third-order valence-electron chi connectivity index (χ3n) is 2.67. The molecule has 2 aromatic rings. The van der Waals surface area contributed by atoms with Crippen LogP contribution < -0.4 is 0 Å². The Labute approximate surface area is 128 Å². The van der Waals surface area contributed by atoms with E-state index in [0.717, 1.165) is 6.07 Å². The summed E-state index contributed by atoms with van der Waals surface area (Å²) in [6.07, 6.45) is 0. The summed E-state index contributed by atoms with van der Waals surface area (Å²) in [6.45, 7) is 1.58. The molecule has 1 nitrogen and oxygen atoms in total. The smallest absolute Gasteiger partial charge is 0.194 e. The zero-order valence-electron chi connectivity index (χ0n) is 9.81. The quantitative estimate of drug-likeness (QED) is 0.651. The van der Waals surface area contributed by atoms with E-state index in [-0.39, 0.29) is 16.4 Å².